The van der Waals surface area contributed by atoms with Crippen LogP contribution < -0.4 is 0 Å². The number of hydrogen-bond acceptors (Lipinski definition) is 4. The van der Waals surface area contributed by atoms with Gasteiger partial charge in [-0.2, -0.15) is 0 Å². The highest BCUT2D eigenvalue weighted by atomic mass is 16.4. The Hall–Kier alpha value is -2.38. The molecule has 0 radical (unpaired) electrons. The highest BCUT2D eigenvalue weighted by molar-refractivity contribution is 5.80. The van der Waals surface area contributed by atoms with E-state index in [1.807, 2.05) is 0 Å². The van der Waals surface area contributed by atoms with Crippen LogP contribution in [0.5, 0.6) is 0 Å². The lowest BCUT2D eigenvalue weighted by molar-refractivity contribution is -0.154. The summed E-state index contributed by atoms with van der Waals surface area (Å²) in [6, 6.07) is 0. The minimum absolute atomic E-state index is 0.0377. The Kier molecular flexibility index (Phi) is 8.51. The highest BCUT2D eigenvalue weighted by Gasteiger charge is 2.31. The van der Waals surface area contributed by atoms with Crippen molar-refractivity contribution in [3.63, 3.8) is 0 Å². The second-order valence-electron chi connectivity index (χ2n) is 4.85. The molecule has 0 spiro atoms. The second kappa shape index (κ2) is 9.54. The molecule has 8 nitrogen and oxygen atoms in total. The quantitative estimate of drug-likeness (QED) is 0.417. The summed E-state index contributed by atoms with van der Waals surface area (Å²) in [5.41, 5.74) is 0. The SMILES string of the molecule is CCC(C(=O)O)C(CCC=CC(CC(=O)O)C(=O)O)C(=O)O. The first kappa shape index (κ1) is 19.6. The van der Waals surface area contributed by atoms with Gasteiger partial charge in [-0.15, -0.1) is 0 Å². The summed E-state index contributed by atoms with van der Waals surface area (Å²) in [5.74, 6) is -8.23. The standard InChI is InChI=1S/C14H20O8/c1-2-9(13(19)20)10(14(21)22)6-4-3-5-8(12(17)18)7-11(15)16/h3,5,8-10H,2,4,6-7H2,1H3,(H,15,16)(H,17,18)(H,19,20)(H,21,22). The summed E-state index contributed by atoms with van der Waals surface area (Å²) in [7, 11) is 0. The van der Waals surface area contributed by atoms with Crippen molar-refractivity contribution in [1.29, 1.82) is 0 Å². The van der Waals surface area contributed by atoms with Crippen molar-refractivity contribution in [2.24, 2.45) is 17.8 Å². The molecule has 124 valence electrons. The largest absolute Gasteiger partial charge is 0.481 e. The number of carbonyl (C=O) groups is 4. The number of allylic oxidation sites excluding steroid dienone is 1. The number of aliphatic carboxylic acids is 4. The fraction of sp³-hybridized carbons (Fsp3) is 0.571. The molecule has 3 atom stereocenters. The van der Waals surface area contributed by atoms with Gasteiger partial charge in [-0.3, -0.25) is 19.2 Å². The average molecular weight is 316 g/mol. The molecule has 0 bridgehead atoms. The molecule has 0 aromatic carbocycles. The van der Waals surface area contributed by atoms with E-state index in [0.717, 1.165) is 0 Å². The maximum atomic E-state index is 11.1. The van der Waals surface area contributed by atoms with Crippen molar-refractivity contribution < 1.29 is 39.6 Å². The van der Waals surface area contributed by atoms with Crippen LogP contribution in [0.25, 0.3) is 0 Å². The number of carboxylic acid groups (broad SMARTS) is 4. The van der Waals surface area contributed by atoms with Crippen LogP contribution in [0, 0.1) is 17.8 Å². The zero-order valence-corrected chi connectivity index (χ0v) is 12.1. The van der Waals surface area contributed by atoms with E-state index in [4.69, 9.17) is 20.4 Å². The van der Waals surface area contributed by atoms with Crippen LogP contribution in [0.15, 0.2) is 12.2 Å². The molecule has 22 heavy (non-hydrogen) atoms. The van der Waals surface area contributed by atoms with E-state index in [9.17, 15) is 19.2 Å². The van der Waals surface area contributed by atoms with Gasteiger partial charge >= 0.3 is 23.9 Å². The van der Waals surface area contributed by atoms with Crippen LogP contribution in [0.2, 0.25) is 0 Å². The lowest BCUT2D eigenvalue weighted by atomic mass is 9.86. The van der Waals surface area contributed by atoms with Gasteiger partial charge in [0.25, 0.3) is 0 Å². The summed E-state index contributed by atoms with van der Waals surface area (Å²) in [6.07, 6.45) is 2.37. The van der Waals surface area contributed by atoms with Gasteiger partial charge in [-0.1, -0.05) is 19.1 Å². The van der Waals surface area contributed by atoms with Crippen molar-refractivity contribution in [3.8, 4) is 0 Å². The molecule has 0 aliphatic heterocycles. The monoisotopic (exact) mass is 316 g/mol. The van der Waals surface area contributed by atoms with Crippen molar-refractivity contribution in [3.05, 3.63) is 12.2 Å². The molecule has 0 aliphatic rings. The van der Waals surface area contributed by atoms with Gasteiger partial charge in [-0.05, 0) is 19.3 Å². The maximum absolute atomic E-state index is 11.1. The Morgan fingerprint density at radius 1 is 0.909 bits per heavy atom. The minimum Gasteiger partial charge on any atom is -0.481 e. The maximum Gasteiger partial charge on any atom is 0.310 e. The Labute approximate surface area is 127 Å². The normalized spacial score (nSPS) is 15.1. The summed E-state index contributed by atoms with van der Waals surface area (Å²) < 4.78 is 0. The van der Waals surface area contributed by atoms with Crippen molar-refractivity contribution in [1.82, 2.24) is 0 Å². The van der Waals surface area contributed by atoms with Crippen LogP contribution >= 0.6 is 0 Å². The molecule has 8 heteroatoms. The zero-order chi connectivity index (χ0) is 17.3. The fourth-order valence-electron chi connectivity index (χ4n) is 2.09. The van der Waals surface area contributed by atoms with E-state index in [-0.39, 0.29) is 19.3 Å². The molecule has 0 aromatic heterocycles. The van der Waals surface area contributed by atoms with Crippen LogP contribution in [0.1, 0.15) is 32.6 Å². The molecule has 0 amide bonds. The Morgan fingerprint density at radius 2 is 1.45 bits per heavy atom. The smallest absolute Gasteiger partial charge is 0.310 e. The number of rotatable bonds is 11. The summed E-state index contributed by atoms with van der Waals surface area (Å²) >= 11 is 0. The van der Waals surface area contributed by atoms with E-state index in [0.29, 0.717) is 0 Å². The zero-order valence-electron chi connectivity index (χ0n) is 12.1. The molecule has 0 saturated heterocycles. The van der Waals surface area contributed by atoms with Gasteiger partial charge in [0.15, 0.2) is 0 Å². The molecular weight excluding hydrogens is 296 g/mol. The van der Waals surface area contributed by atoms with Gasteiger partial charge in [0.05, 0.1) is 24.2 Å². The topological polar surface area (TPSA) is 149 Å². The fourth-order valence-corrected chi connectivity index (χ4v) is 2.09. The predicted molar refractivity (Wildman–Crippen MR) is 74.3 cm³/mol. The molecule has 0 aliphatic carbocycles. The van der Waals surface area contributed by atoms with Crippen LogP contribution in [0.4, 0.5) is 0 Å². The first-order chi connectivity index (χ1) is 10.2. The highest BCUT2D eigenvalue weighted by Crippen LogP contribution is 2.22. The van der Waals surface area contributed by atoms with Crippen molar-refractivity contribution in [2.45, 2.75) is 32.6 Å². The summed E-state index contributed by atoms with van der Waals surface area (Å²) in [5, 5.41) is 35.5. The number of carboxylic acids is 4. The van der Waals surface area contributed by atoms with E-state index in [2.05, 4.69) is 0 Å². The average Bonchev–Trinajstić information content (AvgIpc) is 2.39. The van der Waals surface area contributed by atoms with Gasteiger partial charge in [0.2, 0.25) is 0 Å². The molecule has 4 N–H and O–H groups in total. The molecular formula is C14H20O8. The van der Waals surface area contributed by atoms with Crippen LogP contribution in [0.3, 0.4) is 0 Å². The third-order valence-electron chi connectivity index (χ3n) is 3.28. The van der Waals surface area contributed by atoms with Gasteiger partial charge in [0, 0.05) is 0 Å². The first-order valence-corrected chi connectivity index (χ1v) is 6.77. The van der Waals surface area contributed by atoms with Crippen LogP contribution in [-0.4, -0.2) is 44.3 Å². The van der Waals surface area contributed by atoms with Crippen LogP contribution in [-0.2, 0) is 19.2 Å². The van der Waals surface area contributed by atoms with Gasteiger partial charge in [-0.25, -0.2) is 0 Å². The Balaban J connectivity index is 4.70. The second-order valence-corrected chi connectivity index (χ2v) is 4.85. The minimum atomic E-state index is -1.29. The predicted octanol–water partition coefficient (Wildman–Crippen LogP) is 1.31. The lowest BCUT2D eigenvalue weighted by Gasteiger charge is -2.18. The van der Waals surface area contributed by atoms with Gasteiger partial charge < -0.3 is 20.4 Å². The molecule has 0 aromatic rings. The van der Waals surface area contributed by atoms with Crippen molar-refractivity contribution >= 4 is 23.9 Å². The van der Waals surface area contributed by atoms with E-state index < -0.39 is 48.1 Å². The summed E-state index contributed by atoms with van der Waals surface area (Å²) in [6.45, 7) is 1.58. The molecule has 0 fully saturated rings. The summed E-state index contributed by atoms with van der Waals surface area (Å²) in [4.78, 5) is 43.5. The molecule has 3 unspecified atom stereocenters. The first-order valence-electron chi connectivity index (χ1n) is 6.77. The van der Waals surface area contributed by atoms with Gasteiger partial charge in [0.1, 0.15) is 0 Å². The Bertz CT molecular complexity index is 454. The third kappa shape index (κ3) is 6.87. The third-order valence-corrected chi connectivity index (χ3v) is 3.28. The van der Waals surface area contributed by atoms with E-state index >= 15 is 0 Å². The van der Waals surface area contributed by atoms with Crippen molar-refractivity contribution in [2.75, 3.05) is 0 Å². The molecule has 0 rings (SSSR count). The van der Waals surface area contributed by atoms with E-state index in [1.54, 1.807) is 6.92 Å². The molecule has 0 saturated carbocycles. The van der Waals surface area contributed by atoms with E-state index in [1.165, 1.54) is 12.2 Å². The Morgan fingerprint density at radius 3 is 1.82 bits per heavy atom. The molecule has 0 heterocycles. The lowest BCUT2D eigenvalue weighted by Crippen LogP contribution is -2.29. The number of hydrogen-bond donors (Lipinski definition) is 4.